The molecule has 1 atom stereocenters. The molecule has 8 nitrogen and oxygen atoms in total. The molecular weight excluding hydrogens is 521 g/mol. The van der Waals surface area contributed by atoms with E-state index in [1.807, 2.05) is 0 Å². The molecule has 1 aromatic heterocycles. The molecule has 178 valence electrons. The van der Waals surface area contributed by atoms with Crippen LogP contribution < -0.4 is 15.4 Å². The molecule has 0 saturated carbocycles. The van der Waals surface area contributed by atoms with Gasteiger partial charge < -0.3 is 24.6 Å². The van der Waals surface area contributed by atoms with E-state index in [1.54, 1.807) is 0 Å². The summed E-state index contributed by atoms with van der Waals surface area (Å²) < 4.78 is 16.9. The van der Waals surface area contributed by atoms with Gasteiger partial charge in [-0.05, 0) is 31.9 Å². The van der Waals surface area contributed by atoms with Crippen LogP contribution in [0.2, 0.25) is 0 Å². The lowest BCUT2D eigenvalue weighted by atomic mass is 10.1. The Bertz CT molecular complexity index is 850. The van der Waals surface area contributed by atoms with Gasteiger partial charge in [0.2, 0.25) is 5.89 Å². The molecule has 0 spiro atoms. The van der Waals surface area contributed by atoms with Crippen LogP contribution in [-0.2, 0) is 17.7 Å². The van der Waals surface area contributed by atoms with Gasteiger partial charge in [0.05, 0.1) is 19.8 Å². The van der Waals surface area contributed by atoms with Crippen molar-refractivity contribution in [2.45, 2.75) is 65.5 Å². The van der Waals surface area contributed by atoms with Crippen molar-refractivity contribution >= 4 is 29.9 Å². The summed E-state index contributed by atoms with van der Waals surface area (Å²) in [5, 5.41) is 10.7. The van der Waals surface area contributed by atoms with E-state index in [9.17, 15) is 0 Å². The zero-order chi connectivity index (χ0) is 22.1. The lowest BCUT2D eigenvalue weighted by Crippen LogP contribution is -2.37. The number of nitrogens with one attached hydrogen (secondary N) is 2. The molecule has 32 heavy (non-hydrogen) atoms. The van der Waals surface area contributed by atoms with E-state index in [2.05, 4.69) is 66.7 Å². The Hall–Kier alpha value is -1.88. The van der Waals surface area contributed by atoms with Crippen molar-refractivity contribution in [3.63, 3.8) is 0 Å². The van der Waals surface area contributed by atoms with Gasteiger partial charge in [0, 0.05) is 37.4 Å². The number of nitrogens with zero attached hydrogens (tertiary/aromatic N) is 3. The Morgan fingerprint density at radius 3 is 2.84 bits per heavy atom. The summed E-state index contributed by atoms with van der Waals surface area (Å²) in [5.74, 6) is 3.40. The highest BCUT2D eigenvalue weighted by Gasteiger charge is 2.18. The van der Waals surface area contributed by atoms with Gasteiger partial charge in [0.25, 0.3) is 0 Å². The highest BCUT2D eigenvalue weighted by Crippen LogP contribution is 2.24. The fourth-order valence-corrected chi connectivity index (χ4v) is 3.24. The number of guanidine groups is 1. The van der Waals surface area contributed by atoms with Gasteiger partial charge in [-0.2, -0.15) is 4.98 Å². The number of aliphatic imine (C=N–C) groups is 1. The monoisotopic (exact) mass is 557 g/mol. The summed E-state index contributed by atoms with van der Waals surface area (Å²) in [7, 11) is 0. The van der Waals surface area contributed by atoms with E-state index in [0.717, 1.165) is 62.1 Å². The van der Waals surface area contributed by atoms with E-state index < -0.39 is 0 Å². The molecule has 1 aliphatic heterocycles. The number of rotatable bonds is 10. The van der Waals surface area contributed by atoms with Crippen molar-refractivity contribution in [2.24, 2.45) is 4.99 Å². The fourth-order valence-electron chi connectivity index (χ4n) is 3.24. The summed E-state index contributed by atoms with van der Waals surface area (Å²) in [5.41, 5.74) is 2.25. The fraction of sp³-hybridized carbons (Fsp3) is 0.609. The topological polar surface area (TPSA) is 93.8 Å². The Balaban J connectivity index is 0.00000363. The van der Waals surface area contributed by atoms with Gasteiger partial charge in [0.15, 0.2) is 11.8 Å². The van der Waals surface area contributed by atoms with Gasteiger partial charge in [-0.1, -0.05) is 31.1 Å². The predicted molar refractivity (Wildman–Crippen MR) is 136 cm³/mol. The zero-order valence-corrected chi connectivity index (χ0v) is 21.8. The highest BCUT2D eigenvalue weighted by atomic mass is 127. The Kier molecular flexibility index (Phi) is 11.2. The molecular formula is C23H36IN5O3. The van der Waals surface area contributed by atoms with Crippen LogP contribution in [0.15, 0.2) is 27.7 Å². The predicted octanol–water partition coefficient (Wildman–Crippen LogP) is 3.98. The summed E-state index contributed by atoms with van der Waals surface area (Å²) in [6.45, 7) is 11.8. The first-order chi connectivity index (χ1) is 15.0. The van der Waals surface area contributed by atoms with Crippen LogP contribution in [0.4, 0.5) is 0 Å². The molecule has 2 heterocycles. The number of halogens is 1. The molecule has 1 fully saturated rings. The quantitative estimate of drug-likeness (QED) is 0.198. The van der Waals surface area contributed by atoms with Crippen LogP contribution in [0.5, 0.6) is 5.75 Å². The number of aryl methyl sites for hydroxylation is 2. The van der Waals surface area contributed by atoms with Crippen LogP contribution in [-0.4, -0.2) is 48.5 Å². The van der Waals surface area contributed by atoms with Gasteiger partial charge in [-0.15, -0.1) is 24.0 Å². The maximum atomic E-state index is 6.19. The molecule has 0 amide bonds. The summed E-state index contributed by atoms with van der Waals surface area (Å²) in [4.78, 5) is 9.18. The minimum atomic E-state index is 0. The second-order valence-electron chi connectivity index (χ2n) is 8.14. The van der Waals surface area contributed by atoms with Crippen molar-refractivity contribution in [1.82, 2.24) is 20.8 Å². The standard InChI is InChI=1S/C23H35N5O3.HI/c1-5-24-23(25-11-6-7-21-27-22(16(2)3)28-31-21)26-14-18-9-8-17(4)13-20(18)30-19-10-12-29-15-19;/h8-9,13,16,19H,5-7,10-12,14-15H2,1-4H3,(H2,24,25,26);1H. The summed E-state index contributed by atoms with van der Waals surface area (Å²) >= 11 is 0. The van der Waals surface area contributed by atoms with E-state index in [1.165, 1.54) is 5.56 Å². The third-order valence-corrected chi connectivity index (χ3v) is 5.02. The molecule has 1 aromatic carbocycles. The van der Waals surface area contributed by atoms with Gasteiger partial charge in [-0.3, -0.25) is 0 Å². The molecule has 0 radical (unpaired) electrons. The van der Waals surface area contributed by atoms with Crippen LogP contribution in [0.3, 0.4) is 0 Å². The van der Waals surface area contributed by atoms with E-state index in [0.29, 0.717) is 19.0 Å². The van der Waals surface area contributed by atoms with Crippen LogP contribution in [0.1, 0.15) is 62.4 Å². The Labute approximate surface area is 208 Å². The smallest absolute Gasteiger partial charge is 0.226 e. The number of hydrogen-bond acceptors (Lipinski definition) is 6. The van der Waals surface area contributed by atoms with Gasteiger partial charge in [0.1, 0.15) is 11.9 Å². The molecule has 0 bridgehead atoms. The Morgan fingerprint density at radius 2 is 2.16 bits per heavy atom. The second kappa shape index (κ2) is 13.6. The molecule has 1 unspecified atom stereocenters. The molecule has 9 heteroatoms. The van der Waals surface area contributed by atoms with Crippen molar-refractivity contribution in [3.05, 3.63) is 41.0 Å². The average Bonchev–Trinajstić information content (AvgIpc) is 3.42. The van der Waals surface area contributed by atoms with Gasteiger partial charge in [-0.25, -0.2) is 4.99 Å². The molecule has 1 aliphatic rings. The van der Waals surface area contributed by atoms with Gasteiger partial charge >= 0.3 is 0 Å². The van der Waals surface area contributed by atoms with Crippen molar-refractivity contribution < 1.29 is 14.0 Å². The number of ether oxygens (including phenoxy) is 2. The third kappa shape index (κ3) is 8.23. The van der Waals surface area contributed by atoms with Crippen LogP contribution in [0.25, 0.3) is 0 Å². The first-order valence-electron chi connectivity index (χ1n) is 11.2. The molecule has 0 aliphatic carbocycles. The van der Waals surface area contributed by atoms with Crippen LogP contribution >= 0.6 is 24.0 Å². The molecule has 2 aromatic rings. The van der Waals surface area contributed by atoms with E-state index in [4.69, 9.17) is 19.0 Å². The van der Waals surface area contributed by atoms with Crippen molar-refractivity contribution in [1.29, 1.82) is 0 Å². The van der Waals surface area contributed by atoms with Crippen molar-refractivity contribution in [3.8, 4) is 5.75 Å². The zero-order valence-electron chi connectivity index (χ0n) is 19.5. The normalized spacial score (nSPS) is 16.2. The minimum absolute atomic E-state index is 0. The lowest BCUT2D eigenvalue weighted by molar-refractivity contribution is 0.140. The SMILES string of the molecule is CCNC(=NCc1ccc(C)cc1OC1CCOC1)NCCCc1nc(C(C)C)no1.I. The molecule has 1 saturated heterocycles. The third-order valence-electron chi connectivity index (χ3n) is 5.02. The molecule has 2 N–H and O–H groups in total. The maximum absolute atomic E-state index is 6.19. The van der Waals surface area contributed by atoms with Crippen molar-refractivity contribution in [2.75, 3.05) is 26.3 Å². The van der Waals surface area contributed by atoms with Crippen LogP contribution in [0, 0.1) is 6.92 Å². The summed E-state index contributed by atoms with van der Waals surface area (Å²) in [6, 6.07) is 6.27. The largest absolute Gasteiger partial charge is 0.488 e. The number of benzene rings is 1. The second-order valence-corrected chi connectivity index (χ2v) is 8.14. The van der Waals surface area contributed by atoms with E-state index >= 15 is 0 Å². The first-order valence-corrected chi connectivity index (χ1v) is 11.2. The first kappa shape index (κ1) is 26.4. The number of hydrogen-bond donors (Lipinski definition) is 2. The lowest BCUT2D eigenvalue weighted by Gasteiger charge is -2.16. The minimum Gasteiger partial charge on any atom is -0.488 e. The average molecular weight is 557 g/mol. The number of aromatic nitrogens is 2. The summed E-state index contributed by atoms with van der Waals surface area (Å²) in [6.07, 6.45) is 2.67. The van der Waals surface area contributed by atoms with E-state index in [-0.39, 0.29) is 36.0 Å². The highest BCUT2D eigenvalue weighted by molar-refractivity contribution is 14.0. The Morgan fingerprint density at radius 1 is 1.31 bits per heavy atom. The molecule has 3 rings (SSSR count). The maximum Gasteiger partial charge on any atom is 0.226 e.